The Morgan fingerprint density at radius 3 is 2.57 bits per heavy atom. The molecule has 0 radical (unpaired) electrons. The molecular formula is C12H23NO. The van der Waals surface area contributed by atoms with Gasteiger partial charge in [0.25, 0.3) is 0 Å². The van der Waals surface area contributed by atoms with E-state index in [-0.39, 0.29) is 5.60 Å². The predicted octanol–water partition coefficient (Wildman–Crippen LogP) is 2.07. The van der Waals surface area contributed by atoms with E-state index in [4.69, 9.17) is 0 Å². The smallest absolute Gasteiger partial charge is 0.0702 e. The number of hydrogen-bond donors (Lipinski definition) is 2. The predicted molar refractivity (Wildman–Crippen MR) is 58.2 cm³/mol. The van der Waals surface area contributed by atoms with Crippen LogP contribution in [0.4, 0.5) is 0 Å². The first-order valence-corrected chi connectivity index (χ1v) is 6.16. The van der Waals surface area contributed by atoms with Gasteiger partial charge in [0.2, 0.25) is 0 Å². The second-order valence-electron chi connectivity index (χ2n) is 5.25. The maximum atomic E-state index is 10.6. The first kappa shape index (κ1) is 10.4. The van der Waals surface area contributed by atoms with Crippen molar-refractivity contribution in [3.05, 3.63) is 0 Å². The van der Waals surface area contributed by atoms with E-state index in [1.165, 1.54) is 32.1 Å². The van der Waals surface area contributed by atoms with Crippen molar-refractivity contribution in [3.63, 3.8) is 0 Å². The molecule has 0 aromatic rings. The fourth-order valence-electron chi connectivity index (χ4n) is 3.25. The Bertz CT molecular complexity index is 189. The highest BCUT2D eigenvalue weighted by Crippen LogP contribution is 2.38. The van der Waals surface area contributed by atoms with E-state index in [0.717, 1.165) is 19.4 Å². The molecular weight excluding hydrogens is 174 g/mol. The molecule has 2 aliphatic rings. The van der Waals surface area contributed by atoms with Gasteiger partial charge in [-0.15, -0.1) is 0 Å². The van der Waals surface area contributed by atoms with E-state index in [1.54, 1.807) is 0 Å². The summed E-state index contributed by atoms with van der Waals surface area (Å²) in [5.41, 5.74) is -0.342. The highest BCUT2D eigenvalue weighted by atomic mass is 16.3. The summed E-state index contributed by atoms with van der Waals surface area (Å²) >= 11 is 0. The van der Waals surface area contributed by atoms with Crippen molar-refractivity contribution < 1.29 is 5.11 Å². The molecule has 1 saturated heterocycles. The summed E-state index contributed by atoms with van der Waals surface area (Å²) in [6.45, 7) is 3.18. The minimum Gasteiger partial charge on any atom is -0.389 e. The second kappa shape index (κ2) is 4.19. The summed E-state index contributed by atoms with van der Waals surface area (Å²) in [5, 5.41) is 14.0. The molecule has 82 valence electrons. The third-order valence-electron chi connectivity index (χ3n) is 4.08. The molecule has 14 heavy (non-hydrogen) atoms. The molecule has 1 aliphatic heterocycles. The maximum absolute atomic E-state index is 10.6. The van der Waals surface area contributed by atoms with Crippen molar-refractivity contribution in [1.82, 2.24) is 5.32 Å². The molecule has 1 aliphatic carbocycles. The van der Waals surface area contributed by atoms with Crippen LogP contribution in [0.1, 0.15) is 51.9 Å². The zero-order valence-corrected chi connectivity index (χ0v) is 9.26. The number of hydrogen-bond acceptors (Lipinski definition) is 2. The fraction of sp³-hybridized carbons (Fsp3) is 1.00. The summed E-state index contributed by atoms with van der Waals surface area (Å²) in [4.78, 5) is 0. The normalized spacial score (nSPS) is 41.1. The average Bonchev–Trinajstić information content (AvgIpc) is 2.19. The van der Waals surface area contributed by atoms with Gasteiger partial charge in [0.05, 0.1) is 5.60 Å². The van der Waals surface area contributed by atoms with Crippen LogP contribution in [0.25, 0.3) is 0 Å². The van der Waals surface area contributed by atoms with Crippen molar-refractivity contribution in [1.29, 1.82) is 0 Å². The van der Waals surface area contributed by atoms with E-state index in [2.05, 4.69) is 12.2 Å². The molecule has 2 heteroatoms. The molecule has 2 nitrogen and oxygen atoms in total. The topological polar surface area (TPSA) is 32.3 Å². The fourth-order valence-corrected chi connectivity index (χ4v) is 3.25. The Hall–Kier alpha value is -0.0800. The third kappa shape index (κ3) is 2.12. The van der Waals surface area contributed by atoms with Crippen LogP contribution in [0.5, 0.6) is 0 Å². The minimum absolute atomic E-state index is 0.342. The molecule has 1 heterocycles. The van der Waals surface area contributed by atoms with Crippen molar-refractivity contribution in [2.45, 2.75) is 63.5 Å². The lowest BCUT2D eigenvalue weighted by molar-refractivity contribution is -0.0649. The second-order valence-corrected chi connectivity index (χ2v) is 5.25. The van der Waals surface area contributed by atoms with Gasteiger partial charge in [-0.05, 0) is 45.1 Å². The lowest BCUT2D eigenvalue weighted by atomic mass is 9.71. The van der Waals surface area contributed by atoms with Crippen LogP contribution in [0, 0.1) is 5.92 Å². The first-order chi connectivity index (χ1) is 6.71. The van der Waals surface area contributed by atoms with Crippen molar-refractivity contribution >= 4 is 0 Å². The monoisotopic (exact) mass is 197 g/mol. The summed E-state index contributed by atoms with van der Waals surface area (Å²) < 4.78 is 0. The molecule has 0 amide bonds. The molecule has 2 rings (SSSR count). The van der Waals surface area contributed by atoms with Crippen molar-refractivity contribution in [2.75, 3.05) is 6.54 Å². The van der Waals surface area contributed by atoms with E-state index in [0.29, 0.717) is 12.0 Å². The van der Waals surface area contributed by atoms with Gasteiger partial charge in [-0.3, -0.25) is 0 Å². The average molecular weight is 197 g/mol. The van der Waals surface area contributed by atoms with Gasteiger partial charge < -0.3 is 10.4 Å². The zero-order valence-electron chi connectivity index (χ0n) is 9.26. The molecule has 1 saturated carbocycles. The molecule has 2 unspecified atom stereocenters. The quantitative estimate of drug-likeness (QED) is 0.674. The third-order valence-corrected chi connectivity index (χ3v) is 4.08. The van der Waals surface area contributed by atoms with Crippen LogP contribution >= 0.6 is 0 Å². The van der Waals surface area contributed by atoms with Crippen LogP contribution in [0.3, 0.4) is 0 Å². The van der Waals surface area contributed by atoms with Crippen LogP contribution in [0.15, 0.2) is 0 Å². The Balaban J connectivity index is 1.98. The van der Waals surface area contributed by atoms with Crippen molar-refractivity contribution in [3.8, 4) is 0 Å². The van der Waals surface area contributed by atoms with Crippen LogP contribution in [-0.2, 0) is 0 Å². The first-order valence-electron chi connectivity index (χ1n) is 6.16. The molecule has 0 bridgehead atoms. The van der Waals surface area contributed by atoms with E-state index >= 15 is 0 Å². The van der Waals surface area contributed by atoms with Gasteiger partial charge in [-0.1, -0.05) is 19.3 Å². The minimum atomic E-state index is -0.342. The summed E-state index contributed by atoms with van der Waals surface area (Å²) in [6.07, 6.45) is 8.45. The maximum Gasteiger partial charge on any atom is 0.0702 e. The number of aliphatic hydroxyl groups is 1. The molecule has 2 fully saturated rings. The Morgan fingerprint density at radius 1 is 1.21 bits per heavy atom. The van der Waals surface area contributed by atoms with Gasteiger partial charge in [0, 0.05) is 6.04 Å². The van der Waals surface area contributed by atoms with Gasteiger partial charge >= 0.3 is 0 Å². The van der Waals surface area contributed by atoms with Crippen LogP contribution in [0.2, 0.25) is 0 Å². The summed E-state index contributed by atoms with van der Waals surface area (Å²) in [7, 11) is 0. The lowest BCUT2D eigenvalue weighted by Gasteiger charge is -2.43. The largest absolute Gasteiger partial charge is 0.389 e. The van der Waals surface area contributed by atoms with Crippen molar-refractivity contribution in [2.24, 2.45) is 5.92 Å². The molecule has 2 N–H and O–H groups in total. The van der Waals surface area contributed by atoms with E-state index in [9.17, 15) is 5.11 Å². The van der Waals surface area contributed by atoms with E-state index < -0.39 is 0 Å². The van der Waals surface area contributed by atoms with Gasteiger partial charge in [0.15, 0.2) is 0 Å². The Kier molecular flexibility index (Phi) is 3.13. The molecule has 0 aromatic carbocycles. The molecule has 0 spiro atoms. The highest BCUT2D eigenvalue weighted by molar-refractivity contribution is 4.94. The summed E-state index contributed by atoms with van der Waals surface area (Å²) in [5.74, 6) is 0.584. The van der Waals surface area contributed by atoms with Gasteiger partial charge in [-0.25, -0.2) is 0 Å². The standard InChI is InChI=1S/C12H23NO/c1-10-9-12(14,7-8-13-10)11-5-3-2-4-6-11/h10-11,13-14H,2-9H2,1H3. The Labute approximate surface area is 87.1 Å². The summed E-state index contributed by atoms with van der Waals surface area (Å²) in [6, 6.07) is 0.496. The number of rotatable bonds is 1. The van der Waals surface area contributed by atoms with Crippen LogP contribution < -0.4 is 5.32 Å². The molecule has 0 aromatic heterocycles. The van der Waals surface area contributed by atoms with Gasteiger partial charge in [0.1, 0.15) is 0 Å². The lowest BCUT2D eigenvalue weighted by Crippen LogP contribution is -2.51. The van der Waals surface area contributed by atoms with Crippen LogP contribution in [-0.4, -0.2) is 23.3 Å². The van der Waals surface area contributed by atoms with Gasteiger partial charge in [-0.2, -0.15) is 0 Å². The molecule has 2 atom stereocenters. The zero-order chi connectivity index (χ0) is 10.0. The number of nitrogens with one attached hydrogen (secondary N) is 1. The van der Waals surface area contributed by atoms with E-state index in [1.807, 2.05) is 0 Å². The highest BCUT2D eigenvalue weighted by Gasteiger charge is 2.39. The SMILES string of the molecule is CC1CC(O)(C2CCCCC2)CCN1. The number of piperidine rings is 1. The Morgan fingerprint density at radius 2 is 1.93 bits per heavy atom.